The van der Waals surface area contributed by atoms with Crippen molar-refractivity contribution in [1.82, 2.24) is 5.32 Å². The summed E-state index contributed by atoms with van der Waals surface area (Å²) in [6, 6.07) is 8.11. The topological polar surface area (TPSA) is 58.6 Å². The summed E-state index contributed by atoms with van der Waals surface area (Å²) in [6.45, 7) is 0.0752. The van der Waals surface area contributed by atoms with Gasteiger partial charge in [-0.15, -0.1) is 0 Å². The van der Waals surface area contributed by atoms with Crippen LogP contribution in [0.1, 0.15) is 15.9 Å². The van der Waals surface area contributed by atoms with Gasteiger partial charge in [-0.2, -0.15) is 0 Å². The van der Waals surface area contributed by atoms with Crippen LogP contribution >= 0.6 is 11.6 Å². The summed E-state index contributed by atoms with van der Waals surface area (Å²) in [5.74, 6) is -0.482. The number of phenolic OH excluding ortho intramolecular Hbond substituents is 1. The van der Waals surface area contributed by atoms with E-state index in [2.05, 4.69) is 5.32 Å². The Bertz CT molecular complexity index is 676. The summed E-state index contributed by atoms with van der Waals surface area (Å²) >= 11 is 5.90. The maximum absolute atomic E-state index is 13.2. The molecule has 0 aliphatic carbocycles. The fourth-order valence-corrected chi connectivity index (χ4v) is 2.05. The SMILES string of the molecule is COc1ccc(F)cc1CNC(=O)c1cc(O)ccc1Cl. The van der Waals surface area contributed by atoms with Crippen molar-refractivity contribution in [3.05, 3.63) is 58.4 Å². The number of benzene rings is 2. The van der Waals surface area contributed by atoms with E-state index in [1.165, 1.54) is 43.5 Å². The van der Waals surface area contributed by atoms with Crippen LogP contribution in [0.2, 0.25) is 5.02 Å². The van der Waals surface area contributed by atoms with Crippen molar-refractivity contribution >= 4 is 17.5 Å². The molecule has 2 N–H and O–H groups in total. The molecular formula is C15H13ClFNO3. The van der Waals surface area contributed by atoms with Crippen molar-refractivity contribution < 1.29 is 19.0 Å². The molecule has 0 saturated heterocycles. The van der Waals surface area contributed by atoms with Gasteiger partial charge in [-0.1, -0.05) is 11.6 Å². The third kappa shape index (κ3) is 3.64. The molecule has 1 amide bonds. The number of amides is 1. The van der Waals surface area contributed by atoms with E-state index in [1.54, 1.807) is 0 Å². The quantitative estimate of drug-likeness (QED) is 0.912. The number of ether oxygens (including phenoxy) is 1. The largest absolute Gasteiger partial charge is 0.508 e. The third-order valence-electron chi connectivity index (χ3n) is 2.88. The second-order valence-corrected chi connectivity index (χ2v) is 4.71. The molecule has 0 fully saturated rings. The summed E-state index contributed by atoms with van der Waals surface area (Å²) in [4.78, 5) is 12.0. The lowest BCUT2D eigenvalue weighted by Gasteiger charge is -2.10. The predicted octanol–water partition coefficient (Wildman–Crippen LogP) is 3.12. The van der Waals surface area contributed by atoms with Crippen LogP contribution < -0.4 is 10.1 Å². The van der Waals surface area contributed by atoms with Crippen LogP contribution in [0, 0.1) is 5.82 Å². The van der Waals surface area contributed by atoms with Crippen molar-refractivity contribution in [3.8, 4) is 11.5 Å². The van der Waals surface area contributed by atoms with Gasteiger partial charge >= 0.3 is 0 Å². The Kier molecular flexibility index (Phi) is 4.65. The Morgan fingerprint density at radius 3 is 2.81 bits per heavy atom. The normalized spacial score (nSPS) is 10.2. The van der Waals surface area contributed by atoms with Crippen LogP contribution in [0.3, 0.4) is 0 Å². The van der Waals surface area contributed by atoms with Gasteiger partial charge in [0.2, 0.25) is 0 Å². The fraction of sp³-hybridized carbons (Fsp3) is 0.133. The summed E-state index contributed by atoms with van der Waals surface area (Å²) < 4.78 is 18.3. The summed E-state index contributed by atoms with van der Waals surface area (Å²) in [6.07, 6.45) is 0. The Balaban J connectivity index is 2.14. The smallest absolute Gasteiger partial charge is 0.253 e. The highest BCUT2D eigenvalue weighted by molar-refractivity contribution is 6.33. The first-order valence-corrected chi connectivity index (χ1v) is 6.48. The molecule has 4 nitrogen and oxygen atoms in total. The molecule has 21 heavy (non-hydrogen) atoms. The first-order valence-electron chi connectivity index (χ1n) is 6.10. The first kappa shape index (κ1) is 15.1. The van der Waals surface area contributed by atoms with Crippen molar-refractivity contribution in [2.75, 3.05) is 7.11 Å². The highest BCUT2D eigenvalue weighted by Crippen LogP contribution is 2.22. The van der Waals surface area contributed by atoms with E-state index in [0.717, 1.165) is 0 Å². The van der Waals surface area contributed by atoms with Crippen LogP contribution in [-0.4, -0.2) is 18.1 Å². The summed E-state index contributed by atoms with van der Waals surface area (Å²) in [5.41, 5.74) is 0.647. The zero-order valence-electron chi connectivity index (χ0n) is 11.2. The monoisotopic (exact) mass is 309 g/mol. The van der Waals surface area contributed by atoms with Gasteiger partial charge in [0.1, 0.15) is 17.3 Å². The third-order valence-corrected chi connectivity index (χ3v) is 3.21. The van der Waals surface area contributed by atoms with Crippen LogP contribution in [0.4, 0.5) is 4.39 Å². The van der Waals surface area contributed by atoms with Crippen LogP contribution in [0.15, 0.2) is 36.4 Å². The second kappa shape index (κ2) is 6.45. The van der Waals surface area contributed by atoms with Gasteiger partial charge in [0, 0.05) is 12.1 Å². The number of rotatable bonds is 4. The molecule has 0 aliphatic rings. The molecule has 0 aromatic heterocycles. The van der Waals surface area contributed by atoms with Crippen molar-refractivity contribution in [2.24, 2.45) is 0 Å². The molecule has 0 bridgehead atoms. The number of methoxy groups -OCH3 is 1. The molecule has 0 atom stereocenters. The molecule has 110 valence electrons. The van der Waals surface area contributed by atoms with Gasteiger partial charge in [0.05, 0.1) is 17.7 Å². The maximum atomic E-state index is 13.2. The number of carbonyl (C=O) groups is 1. The van der Waals surface area contributed by atoms with E-state index in [-0.39, 0.29) is 22.9 Å². The summed E-state index contributed by atoms with van der Waals surface area (Å²) in [5, 5.41) is 12.2. The molecular weight excluding hydrogens is 297 g/mol. The van der Waals surface area contributed by atoms with Crippen LogP contribution in [0.25, 0.3) is 0 Å². The van der Waals surface area contributed by atoms with Gasteiger partial charge in [-0.25, -0.2) is 4.39 Å². The lowest BCUT2D eigenvalue weighted by Crippen LogP contribution is -2.23. The number of hydrogen-bond donors (Lipinski definition) is 2. The van der Waals surface area contributed by atoms with Crippen molar-refractivity contribution in [3.63, 3.8) is 0 Å². The van der Waals surface area contributed by atoms with E-state index in [4.69, 9.17) is 16.3 Å². The van der Waals surface area contributed by atoms with Crippen LogP contribution in [-0.2, 0) is 6.54 Å². The summed E-state index contributed by atoms with van der Waals surface area (Å²) in [7, 11) is 1.46. The highest BCUT2D eigenvalue weighted by atomic mass is 35.5. The van der Waals surface area contributed by atoms with Crippen molar-refractivity contribution in [1.29, 1.82) is 0 Å². The first-order chi connectivity index (χ1) is 10.0. The molecule has 2 rings (SSSR count). The van der Waals surface area contributed by atoms with Gasteiger partial charge in [-0.05, 0) is 36.4 Å². The Morgan fingerprint density at radius 1 is 1.33 bits per heavy atom. The molecule has 0 heterocycles. The van der Waals surface area contributed by atoms with E-state index < -0.39 is 11.7 Å². The minimum Gasteiger partial charge on any atom is -0.508 e. The number of halogens is 2. The van der Waals surface area contributed by atoms with Crippen LogP contribution in [0.5, 0.6) is 11.5 Å². The van der Waals surface area contributed by atoms with E-state index in [0.29, 0.717) is 11.3 Å². The highest BCUT2D eigenvalue weighted by Gasteiger charge is 2.12. The number of hydrogen-bond acceptors (Lipinski definition) is 3. The van der Waals surface area contributed by atoms with E-state index in [9.17, 15) is 14.3 Å². The van der Waals surface area contributed by atoms with E-state index >= 15 is 0 Å². The van der Waals surface area contributed by atoms with Gasteiger partial charge in [-0.3, -0.25) is 4.79 Å². The van der Waals surface area contributed by atoms with Gasteiger partial charge < -0.3 is 15.2 Å². The number of aromatic hydroxyl groups is 1. The molecule has 2 aromatic carbocycles. The molecule has 2 aromatic rings. The van der Waals surface area contributed by atoms with Gasteiger partial charge in [0.15, 0.2) is 0 Å². The molecule has 6 heteroatoms. The standard InChI is InChI=1S/C15H13ClFNO3/c1-21-14-5-2-10(17)6-9(14)8-18-15(20)12-7-11(19)3-4-13(12)16/h2-7,19H,8H2,1H3,(H,18,20). The average molecular weight is 310 g/mol. The molecule has 0 saturated carbocycles. The Labute approximate surface area is 126 Å². The molecule has 0 aliphatic heterocycles. The minimum absolute atomic E-state index is 0.0621. The maximum Gasteiger partial charge on any atom is 0.253 e. The molecule has 0 radical (unpaired) electrons. The molecule has 0 unspecified atom stereocenters. The predicted molar refractivity (Wildman–Crippen MR) is 77.2 cm³/mol. The number of nitrogens with one attached hydrogen (secondary N) is 1. The Hall–Kier alpha value is -2.27. The lowest BCUT2D eigenvalue weighted by atomic mass is 10.1. The van der Waals surface area contributed by atoms with E-state index in [1.807, 2.05) is 0 Å². The second-order valence-electron chi connectivity index (χ2n) is 4.30. The molecule has 0 spiro atoms. The number of phenols is 1. The van der Waals surface area contributed by atoms with Gasteiger partial charge in [0.25, 0.3) is 5.91 Å². The lowest BCUT2D eigenvalue weighted by molar-refractivity contribution is 0.0950. The zero-order chi connectivity index (χ0) is 15.4. The average Bonchev–Trinajstić information content (AvgIpc) is 2.47. The fourth-order valence-electron chi connectivity index (χ4n) is 1.84. The zero-order valence-corrected chi connectivity index (χ0v) is 11.9. The van der Waals surface area contributed by atoms with Crippen molar-refractivity contribution in [2.45, 2.75) is 6.54 Å². The minimum atomic E-state index is -0.470. The number of carbonyl (C=O) groups excluding carboxylic acids is 1. The Morgan fingerprint density at radius 2 is 2.10 bits per heavy atom.